The molecule has 10 nitrogen and oxygen atoms in total. The van der Waals surface area contributed by atoms with Crippen molar-refractivity contribution in [2.45, 2.75) is 38.7 Å². The van der Waals surface area contributed by atoms with E-state index >= 15 is 0 Å². The van der Waals surface area contributed by atoms with Crippen molar-refractivity contribution in [2.24, 2.45) is 0 Å². The minimum absolute atomic E-state index is 0.0623. The van der Waals surface area contributed by atoms with Crippen LogP contribution in [0.4, 0.5) is 0 Å². The van der Waals surface area contributed by atoms with Gasteiger partial charge in [-0.2, -0.15) is 9.67 Å². The Bertz CT molecular complexity index is 828. The highest BCUT2D eigenvalue weighted by Crippen LogP contribution is 2.33. The van der Waals surface area contributed by atoms with Crippen LogP contribution in [0.5, 0.6) is 0 Å². The molecule has 0 saturated carbocycles. The zero-order chi connectivity index (χ0) is 18.1. The number of nitrogens with zero attached hydrogens (tertiary/aromatic N) is 5. The molecule has 2 aromatic rings. The Labute approximate surface area is 151 Å². The fourth-order valence-electron chi connectivity index (χ4n) is 2.50. The van der Waals surface area contributed by atoms with Crippen LogP contribution in [0.3, 0.4) is 0 Å². The molecule has 0 amide bonds. The van der Waals surface area contributed by atoms with E-state index in [1.54, 1.807) is 0 Å². The summed E-state index contributed by atoms with van der Waals surface area (Å²) in [6.07, 6.45) is -1.65. The number of esters is 2. The number of hydrogen-bond donors (Lipinski definition) is 0. The third-order valence-electron chi connectivity index (χ3n) is 3.48. The Morgan fingerprint density at radius 3 is 2.72 bits per heavy atom. The number of rotatable bonds is 4. The van der Waals surface area contributed by atoms with E-state index in [0.717, 1.165) is 0 Å². The molecule has 0 aromatic carbocycles. The second-order valence-corrected chi connectivity index (χ2v) is 6.00. The summed E-state index contributed by atoms with van der Waals surface area (Å²) in [5, 5.41) is 7.88. The molecule has 0 spiro atoms. The minimum Gasteiger partial charge on any atom is -0.463 e. The van der Waals surface area contributed by atoms with E-state index in [-0.39, 0.29) is 34.6 Å². The van der Waals surface area contributed by atoms with Crippen LogP contribution in [0.2, 0.25) is 10.4 Å². The Morgan fingerprint density at radius 1 is 1.28 bits per heavy atom. The van der Waals surface area contributed by atoms with Gasteiger partial charge in [0, 0.05) is 20.3 Å². The van der Waals surface area contributed by atoms with Gasteiger partial charge in [-0.05, 0) is 11.6 Å². The van der Waals surface area contributed by atoms with Gasteiger partial charge < -0.3 is 14.2 Å². The van der Waals surface area contributed by atoms with E-state index in [9.17, 15) is 9.59 Å². The molecular weight excluding hydrogens is 377 g/mol. The fraction of sp³-hybridized carbons (Fsp3) is 0.538. The van der Waals surface area contributed by atoms with Gasteiger partial charge in [0.05, 0.1) is 0 Å². The molecule has 1 aliphatic rings. The fourth-order valence-corrected chi connectivity index (χ4v) is 2.91. The van der Waals surface area contributed by atoms with E-state index in [2.05, 4.69) is 20.3 Å². The zero-order valence-electron chi connectivity index (χ0n) is 13.2. The van der Waals surface area contributed by atoms with Gasteiger partial charge in [0.25, 0.3) is 0 Å². The maximum Gasteiger partial charge on any atom is 0.303 e. The monoisotopic (exact) mass is 389 g/mol. The smallest absolute Gasteiger partial charge is 0.303 e. The molecule has 0 unspecified atom stereocenters. The molecule has 12 heteroatoms. The van der Waals surface area contributed by atoms with Crippen molar-refractivity contribution in [3.05, 3.63) is 10.4 Å². The molecule has 1 fully saturated rings. The van der Waals surface area contributed by atoms with Crippen LogP contribution in [-0.4, -0.2) is 55.7 Å². The number of fused-ring (bicyclic) bond motifs is 1. The molecule has 3 atom stereocenters. The summed E-state index contributed by atoms with van der Waals surface area (Å²) in [4.78, 5) is 30.2. The van der Waals surface area contributed by atoms with Gasteiger partial charge in [-0.1, -0.05) is 16.8 Å². The minimum atomic E-state index is -0.656. The maximum atomic E-state index is 11.3. The Morgan fingerprint density at radius 2 is 2.04 bits per heavy atom. The second kappa shape index (κ2) is 7.06. The van der Waals surface area contributed by atoms with Gasteiger partial charge in [-0.15, -0.1) is 5.10 Å². The first kappa shape index (κ1) is 17.8. The number of ether oxygens (including phenoxy) is 3. The van der Waals surface area contributed by atoms with E-state index in [1.165, 1.54) is 18.5 Å². The standard InChI is InChI=1S/C13H13Cl2N5O5/c1-5(21)23-4-8-7(24-6(2)22)3-9(25-8)20-12-10(18-19-20)11(14)16-13(15)17-12/h7-9H,3-4H2,1-2H3/t7-,8+,9+/m0/s1. The lowest BCUT2D eigenvalue weighted by Gasteiger charge is -2.17. The number of halogens is 2. The molecule has 1 aliphatic heterocycles. The maximum absolute atomic E-state index is 11.3. The van der Waals surface area contributed by atoms with Crippen LogP contribution in [0, 0.1) is 0 Å². The summed E-state index contributed by atoms with van der Waals surface area (Å²) in [7, 11) is 0. The number of carbonyl (C=O) groups is 2. The summed E-state index contributed by atoms with van der Waals surface area (Å²) in [5.74, 6) is -0.940. The summed E-state index contributed by atoms with van der Waals surface area (Å²) < 4.78 is 17.4. The zero-order valence-corrected chi connectivity index (χ0v) is 14.7. The van der Waals surface area contributed by atoms with Crippen LogP contribution in [0.25, 0.3) is 11.2 Å². The van der Waals surface area contributed by atoms with E-state index < -0.39 is 30.4 Å². The summed E-state index contributed by atoms with van der Waals surface area (Å²) in [5.41, 5.74) is 0.548. The quantitative estimate of drug-likeness (QED) is 0.432. The van der Waals surface area contributed by atoms with E-state index in [1.807, 2.05) is 0 Å². The van der Waals surface area contributed by atoms with E-state index in [4.69, 9.17) is 37.4 Å². The van der Waals surface area contributed by atoms with Gasteiger partial charge in [-0.3, -0.25) is 9.59 Å². The number of carbonyl (C=O) groups excluding carboxylic acids is 2. The summed E-state index contributed by atoms with van der Waals surface area (Å²) in [6, 6.07) is 0. The predicted molar refractivity (Wildman–Crippen MR) is 83.9 cm³/mol. The average Bonchev–Trinajstić information content (AvgIpc) is 3.08. The molecule has 0 bridgehead atoms. The highest BCUT2D eigenvalue weighted by atomic mass is 35.5. The van der Waals surface area contributed by atoms with Crippen LogP contribution in [0.1, 0.15) is 26.5 Å². The lowest BCUT2D eigenvalue weighted by molar-refractivity contribution is -0.155. The van der Waals surface area contributed by atoms with Crippen molar-refractivity contribution in [1.82, 2.24) is 25.0 Å². The van der Waals surface area contributed by atoms with Crippen LogP contribution >= 0.6 is 23.2 Å². The average molecular weight is 390 g/mol. The van der Waals surface area contributed by atoms with Crippen molar-refractivity contribution in [3.63, 3.8) is 0 Å². The van der Waals surface area contributed by atoms with Crippen LogP contribution < -0.4 is 0 Å². The molecule has 0 radical (unpaired) electrons. The number of hydrogen-bond acceptors (Lipinski definition) is 9. The summed E-state index contributed by atoms with van der Waals surface area (Å²) >= 11 is 11.8. The van der Waals surface area contributed by atoms with Gasteiger partial charge in [0.2, 0.25) is 5.28 Å². The van der Waals surface area contributed by atoms with Crippen LogP contribution in [0.15, 0.2) is 0 Å². The Kier molecular flexibility index (Phi) is 5.02. The third-order valence-corrected chi connectivity index (χ3v) is 3.91. The van der Waals surface area contributed by atoms with Crippen molar-refractivity contribution in [3.8, 4) is 0 Å². The Hall–Kier alpha value is -2.04. The highest BCUT2D eigenvalue weighted by molar-refractivity contribution is 6.35. The number of aromatic nitrogens is 5. The van der Waals surface area contributed by atoms with Gasteiger partial charge >= 0.3 is 11.9 Å². The molecule has 3 rings (SSSR count). The topological polar surface area (TPSA) is 118 Å². The SMILES string of the molecule is CC(=O)OC[C@H]1O[C@@H](n2nnc3c(Cl)nc(Cl)nc32)C[C@@H]1OC(C)=O. The lowest BCUT2D eigenvalue weighted by Crippen LogP contribution is -2.31. The first-order chi connectivity index (χ1) is 11.8. The third kappa shape index (κ3) is 3.80. The highest BCUT2D eigenvalue weighted by Gasteiger charge is 2.40. The normalized spacial score (nSPS) is 23.0. The first-order valence-electron chi connectivity index (χ1n) is 7.25. The molecule has 1 saturated heterocycles. The van der Waals surface area contributed by atoms with Crippen molar-refractivity contribution in [2.75, 3.05) is 6.61 Å². The van der Waals surface area contributed by atoms with Gasteiger partial charge in [0.1, 0.15) is 18.8 Å². The lowest BCUT2D eigenvalue weighted by atomic mass is 10.2. The predicted octanol–water partition coefficient (Wildman–Crippen LogP) is 1.31. The molecule has 2 aromatic heterocycles. The molecule has 0 N–H and O–H groups in total. The first-order valence-corrected chi connectivity index (χ1v) is 8.00. The second-order valence-electron chi connectivity index (χ2n) is 5.31. The largest absolute Gasteiger partial charge is 0.463 e. The van der Waals surface area contributed by atoms with Gasteiger partial charge in [-0.25, -0.2) is 4.98 Å². The van der Waals surface area contributed by atoms with Gasteiger partial charge in [0.15, 0.2) is 22.5 Å². The molecule has 0 aliphatic carbocycles. The van der Waals surface area contributed by atoms with Crippen molar-refractivity contribution < 1.29 is 23.8 Å². The molecule has 3 heterocycles. The molecule has 25 heavy (non-hydrogen) atoms. The Balaban J connectivity index is 1.87. The van der Waals surface area contributed by atoms with Crippen molar-refractivity contribution >= 4 is 46.3 Å². The van der Waals surface area contributed by atoms with E-state index in [0.29, 0.717) is 0 Å². The molecular formula is C13H13Cl2N5O5. The molecule has 134 valence electrons. The van der Waals surface area contributed by atoms with Crippen LogP contribution in [-0.2, 0) is 23.8 Å². The summed E-state index contributed by atoms with van der Waals surface area (Å²) in [6.45, 7) is 2.50. The van der Waals surface area contributed by atoms with Crippen molar-refractivity contribution in [1.29, 1.82) is 0 Å².